The second kappa shape index (κ2) is 7.60. The Labute approximate surface area is 171 Å². The average molecular weight is 408 g/mol. The van der Waals surface area contributed by atoms with Crippen LogP contribution in [0.2, 0.25) is 5.02 Å². The van der Waals surface area contributed by atoms with Crippen LogP contribution in [0.25, 0.3) is 21.9 Å². The molecule has 1 aromatic heterocycles. The van der Waals surface area contributed by atoms with Crippen molar-refractivity contribution < 1.29 is 13.9 Å². The zero-order valence-electron chi connectivity index (χ0n) is 15.9. The van der Waals surface area contributed by atoms with E-state index < -0.39 is 0 Å². The maximum absolute atomic E-state index is 12.8. The molecular formula is C23H18ClNO4. The van der Waals surface area contributed by atoms with Gasteiger partial charge in [0.2, 0.25) is 5.43 Å². The van der Waals surface area contributed by atoms with Gasteiger partial charge in [-0.3, -0.25) is 9.59 Å². The Hall–Kier alpha value is -3.31. The third-order valence-electron chi connectivity index (χ3n) is 4.77. The molecule has 0 aliphatic carbocycles. The van der Waals surface area contributed by atoms with Crippen molar-refractivity contribution in [2.45, 2.75) is 13.8 Å². The van der Waals surface area contributed by atoms with Crippen LogP contribution < -0.4 is 15.5 Å². The Morgan fingerprint density at radius 2 is 1.72 bits per heavy atom. The summed E-state index contributed by atoms with van der Waals surface area (Å²) in [6.45, 7) is 3.73. The maximum atomic E-state index is 12.8. The molecule has 146 valence electrons. The van der Waals surface area contributed by atoms with E-state index in [1.165, 1.54) is 0 Å². The largest absolute Gasteiger partial charge is 0.482 e. The highest BCUT2D eigenvalue weighted by atomic mass is 35.5. The van der Waals surface area contributed by atoms with E-state index in [1.807, 2.05) is 26.0 Å². The lowest BCUT2D eigenvalue weighted by atomic mass is 10.1. The smallest absolute Gasteiger partial charge is 0.262 e. The maximum Gasteiger partial charge on any atom is 0.262 e. The van der Waals surface area contributed by atoms with Gasteiger partial charge in [0.05, 0.1) is 15.8 Å². The summed E-state index contributed by atoms with van der Waals surface area (Å²) >= 11 is 6.02. The Morgan fingerprint density at radius 3 is 2.52 bits per heavy atom. The fourth-order valence-corrected chi connectivity index (χ4v) is 3.28. The van der Waals surface area contributed by atoms with Crippen LogP contribution in [0.5, 0.6) is 5.75 Å². The minimum atomic E-state index is -0.348. The average Bonchev–Trinajstić information content (AvgIpc) is 2.69. The number of aryl methyl sites for hydroxylation is 2. The minimum absolute atomic E-state index is 0.0933. The number of halogens is 1. The molecule has 4 rings (SSSR count). The third-order valence-corrected chi connectivity index (χ3v) is 5.08. The van der Waals surface area contributed by atoms with E-state index >= 15 is 0 Å². The van der Waals surface area contributed by atoms with Crippen molar-refractivity contribution in [2.24, 2.45) is 0 Å². The second-order valence-electron chi connectivity index (χ2n) is 6.84. The highest BCUT2D eigenvalue weighted by Gasteiger charge is 2.11. The summed E-state index contributed by atoms with van der Waals surface area (Å²) in [4.78, 5) is 25.0. The fourth-order valence-electron chi connectivity index (χ4n) is 3.09. The van der Waals surface area contributed by atoms with Gasteiger partial charge in [0, 0.05) is 11.8 Å². The summed E-state index contributed by atoms with van der Waals surface area (Å²) in [5, 5.41) is 4.19. The molecule has 0 bridgehead atoms. The minimum Gasteiger partial charge on any atom is -0.482 e. The first-order valence-electron chi connectivity index (χ1n) is 9.07. The molecule has 29 heavy (non-hydrogen) atoms. The fraction of sp³-hybridized carbons (Fsp3) is 0.130. The van der Waals surface area contributed by atoms with Crippen LogP contribution in [0.15, 0.2) is 63.8 Å². The lowest BCUT2D eigenvalue weighted by Gasteiger charge is -2.09. The van der Waals surface area contributed by atoms with Crippen LogP contribution in [0, 0.1) is 13.8 Å². The number of hydrogen-bond acceptors (Lipinski definition) is 4. The summed E-state index contributed by atoms with van der Waals surface area (Å²) in [5.74, 6) is 0.0878. The predicted octanol–water partition coefficient (Wildman–Crippen LogP) is 5.23. The first-order valence-corrected chi connectivity index (χ1v) is 9.45. The van der Waals surface area contributed by atoms with E-state index in [2.05, 4.69) is 5.32 Å². The van der Waals surface area contributed by atoms with E-state index in [1.54, 1.807) is 42.5 Å². The Bertz CT molecular complexity index is 1310. The highest BCUT2D eigenvalue weighted by Crippen LogP contribution is 2.25. The lowest BCUT2D eigenvalue weighted by molar-refractivity contribution is -0.118. The van der Waals surface area contributed by atoms with Crippen molar-refractivity contribution in [3.8, 4) is 5.75 Å². The van der Waals surface area contributed by atoms with E-state index in [9.17, 15) is 9.59 Å². The zero-order chi connectivity index (χ0) is 20.5. The molecule has 4 aromatic rings. The molecule has 6 heteroatoms. The van der Waals surface area contributed by atoms with Crippen molar-refractivity contribution in [1.82, 2.24) is 0 Å². The van der Waals surface area contributed by atoms with E-state index in [0.29, 0.717) is 38.4 Å². The van der Waals surface area contributed by atoms with E-state index in [4.69, 9.17) is 20.8 Å². The van der Waals surface area contributed by atoms with Gasteiger partial charge in [0.25, 0.3) is 5.91 Å². The number of carbonyl (C=O) groups excluding carboxylic acids is 1. The molecule has 0 aliphatic heterocycles. The summed E-state index contributed by atoms with van der Waals surface area (Å²) in [6.07, 6.45) is 0. The van der Waals surface area contributed by atoms with Crippen LogP contribution in [0.3, 0.4) is 0 Å². The SMILES string of the molecule is Cc1cc2oc3cc(NC(=O)COc4ccccc4Cl)ccc3c(=O)c2cc1C. The van der Waals surface area contributed by atoms with Crippen LogP contribution in [-0.4, -0.2) is 12.5 Å². The molecule has 0 fully saturated rings. The molecule has 1 N–H and O–H groups in total. The van der Waals surface area contributed by atoms with Gasteiger partial charge in [-0.25, -0.2) is 0 Å². The van der Waals surface area contributed by atoms with Gasteiger partial charge < -0.3 is 14.5 Å². The molecule has 1 heterocycles. The quantitative estimate of drug-likeness (QED) is 0.470. The predicted molar refractivity (Wildman–Crippen MR) is 115 cm³/mol. The van der Waals surface area contributed by atoms with Crippen molar-refractivity contribution in [1.29, 1.82) is 0 Å². The van der Waals surface area contributed by atoms with Crippen molar-refractivity contribution >= 4 is 45.1 Å². The zero-order valence-corrected chi connectivity index (χ0v) is 16.7. The number of amides is 1. The Kier molecular flexibility index (Phi) is 4.99. The first-order chi connectivity index (χ1) is 13.9. The number of anilines is 1. The second-order valence-corrected chi connectivity index (χ2v) is 7.25. The van der Waals surface area contributed by atoms with Gasteiger partial charge in [-0.2, -0.15) is 0 Å². The molecule has 0 atom stereocenters. The molecule has 0 radical (unpaired) electrons. The molecule has 1 amide bonds. The van der Waals surface area contributed by atoms with E-state index in [0.717, 1.165) is 11.1 Å². The van der Waals surface area contributed by atoms with Crippen LogP contribution in [-0.2, 0) is 4.79 Å². The number of nitrogens with one attached hydrogen (secondary N) is 1. The van der Waals surface area contributed by atoms with Crippen molar-refractivity contribution in [3.05, 3.63) is 81.0 Å². The Morgan fingerprint density at radius 1 is 1.00 bits per heavy atom. The summed E-state index contributed by atoms with van der Waals surface area (Å²) in [5.41, 5.74) is 3.43. The van der Waals surface area contributed by atoms with Crippen LogP contribution in [0.4, 0.5) is 5.69 Å². The number of rotatable bonds is 4. The van der Waals surface area contributed by atoms with Gasteiger partial charge in [0.15, 0.2) is 6.61 Å². The monoisotopic (exact) mass is 407 g/mol. The number of hydrogen-bond donors (Lipinski definition) is 1. The molecular weight excluding hydrogens is 390 g/mol. The molecule has 0 saturated heterocycles. The molecule has 0 aliphatic rings. The number of para-hydroxylation sites is 1. The van der Waals surface area contributed by atoms with Crippen molar-refractivity contribution in [2.75, 3.05) is 11.9 Å². The number of benzene rings is 3. The number of ether oxygens (including phenoxy) is 1. The first kappa shape index (κ1) is 19.0. The number of carbonyl (C=O) groups is 1. The van der Waals surface area contributed by atoms with Crippen LogP contribution in [0.1, 0.15) is 11.1 Å². The molecule has 0 spiro atoms. The molecule has 0 saturated carbocycles. The topological polar surface area (TPSA) is 68.5 Å². The molecule has 0 unspecified atom stereocenters. The molecule has 5 nitrogen and oxygen atoms in total. The standard InChI is InChI=1S/C23H18ClNO4/c1-13-9-17-20(10-14(13)2)29-21-11-15(7-8-16(21)23(17)27)25-22(26)12-28-19-6-4-3-5-18(19)24/h3-11H,12H2,1-2H3,(H,25,26). The normalized spacial score (nSPS) is 11.0. The summed E-state index contributed by atoms with van der Waals surface area (Å²) in [6, 6.07) is 15.6. The van der Waals surface area contributed by atoms with Gasteiger partial charge >= 0.3 is 0 Å². The lowest BCUT2D eigenvalue weighted by Crippen LogP contribution is -2.20. The van der Waals surface area contributed by atoms with Gasteiger partial charge in [-0.15, -0.1) is 0 Å². The van der Waals surface area contributed by atoms with Crippen molar-refractivity contribution in [3.63, 3.8) is 0 Å². The summed E-state index contributed by atoms with van der Waals surface area (Å²) in [7, 11) is 0. The van der Waals surface area contributed by atoms with Gasteiger partial charge in [0.1, 0.15) is 16.9 Å². The Balaban J connectivity index is 1.59. The van der Waals surface area contributed by atoms with Crippen LogP contribution >= 0.6 is 11.6 Å². The van der Waals surface area contributed by atoms with E-state index in [-0.39, 0.29) is 17.9 Å². The number of fused-ring (bicyclic) bond motifs is 2. The van der Waals surface area contributed by atoms with Gasteiger partial charge in [-0.1, -0.05) is 23.7 Å². The summed E-state index contributed by atoms with van der Waals surface area (Å²) < 4.78 is 11.4. The highest BCUT2D eigenvalue weighted by molar-refractivity contribution is 6.32. The van der Waals surface area contributed by atoms with Gasteiger partial charge in [-0.05, 0) is 61.4 Å². The molecule has 3 aromatic carbocycles. The third kappa shape index (κ3) is 3.82.